The topological polar surface area (TPSA) is 38.1 Å². The molecule has 7 heteroatoms. The molecule has 1 aliphatic rings. The molecule has 1 aliphatic heterocycles. The Kier molecular flexibility index (Phi) is 2.17. The standard InChI is InChI=1S/C8H8F3N3O/c9-8(10,11)7-12-3-6-4-13(5-15)1-2-14(6)7/h3,5H,1-2,4H2. The third-order valence-corrected chi connectivity index (χ3v) is 2.32. The normalized spacial score (nSPS) is 16.3. The van der Waals surface area contributed by atoms with Crippen LogP contribution in [-0.4, -0.2) is 27.4 Å². The molecule has 4 nitrogen and oxygen atoms in total. The van der Waals surface area contributed by atoms with Crippen LogP contribution in [0.1, 0.15) is 11.5 Å². The van der Waals surface area contributed by atoms with Gasteiger partial charge in [-0.25, -0.2) is 4.98 Å². The molecule has 0 radical (unpaired) electrons. The quantitative estimate of drug-likeness (QED) is 0.657. The highest BCUT2D eigenvalue weighted by Crippen LogP contribution is 2.30. The molecule has 0 aromatic carbocycles. The molecule has 0 N–H and O–H groups in total. The highest BCUT2D eigenvalue weighted by molar-refractivity contribution is 5.47. The number of nitrogens with zero attached hydrogens (tertiary/aromatic N) is 3. The van der Waals surface area contributed by atoms with E-state index in [1.165, 1.54) is 11.1 Å². The predicted octanol–water partition coefficient (Wildman–Crippen LogP) is 0.874. The average Bonchev–Trinajstić information content (AvgIpc) is 2.59. The fourth-order valence-electron chi connectivity index (χ4n) is 1.62. The number of aromatic nitrogens is 2. The summed E-state index contributed by atoms with van der Waals surface area (Å²) < 4.78 is 38.4. The maximum Gasteiger partial charge on any atom is 0.449 e. The van der Waals surface area contributed by atoms with Gasteiger partial charge in [0.05, 0.1) is 18.4 Å². The molecule has 0 atom stereocenters. The molecule has 0 saturated heterocycles. The van der Waals surface area contributed by atoms with Crippen molar-refractivity contribution in [2.24, 2.45) is 0 Å². The van der Waals surface area contributed by atoms with Crippen LogP contribution in [0.5, 0.6) is 0 Å². The van der Waals surface area contributed by atoms with Crippen LogP contribution in [0.15, 0.2) is 6.20 Å². The van der Waals surface area contributed by atoms with Crippen molar-refractivity contribution in [3.8, 4) is 0 Å². The molecule has 1 aromatic rings. The van der Waals surface area contributed by atoms with E-state index >= 15 is 0 Å². The molecule has 0 saturated carbocycles. The van der Waals surface area contributed by atoms with E-state index in [0.717, 1.165) is 4.57 Å². The molecule has 0 aliphatic carbocycles. The summed E-state index contributed by atoms with van der Waals surface area (Å²) in [5, 5.41) is 0. The summed E-state index contributed by atoms with van der Waals surface area (Å²) in [6.07, 6.45) is -2.64. The lowest BCUT2D eigenvalue weighted by molar-refractivity contribution is -0.147. The largest absolute Gasteiger partial charge is 0.449 e. The van der Waals surface area contributed by atoms with Gasteiger partial charge in [0.15, 0.2) is 0 Å². The number of rotatable bonds is 1. The van der Waals surface area contributed by atoms with Crippen molar-refractivity contribution in [1.29, 1.82) is 0 Å². The second-order valence-corrected chi connectivity index (χ2v) is 3.30. The molecule has 2 heterocycles. The monoisotopic (exact) mass is 219 g/mol. The van der Waals surface area contributed by atoms with Gasteiger partial charge in [-0.15, -0.1) is 0 Å². The maximum absolute atomic E-state index is 12.4. The van der Waals surface area contributed by atoms with Crippen molar-refractivity contribution < 1.29 is 18.0 Å². The Morgan fingerprint density at radius 1 is 1.40 bits per heavy atom. The van der Waals surface area contributed by atoms with Crippen LogP contribution in [0, 0.1) is 0 Å². The van der Waals surface area contributed by atoms with Crippen molar-refractivity contribution in [2.45, 2.75) is 19.3 Å². The fourth-order valence-corrected chi connectivity index (χ4v) is 1.62. The first kappa shape index (κ1) is 10.0. The number of carbonyl (C=O) groups excluding carboxylic acids is 1. The Bertz CT molecular complexity index is 385. The van der Waals surface area contributed by atoms with Crippen molar-refractivity contribution in [1.82, 2.24) is 14.5 Å². The second kappa shape index (κ2) is 3.25. The Balaban J connectivity index is 2.34. The Labute approximate surface area is 83.3 Å². The first-order valence-corrected chi connectivity index (χ1v) is 4.33. The first-order chi connectivity index (χ1) is 7.02. The molecule has 2 rings (SSSR count). The molecule has 0 unspecified atom stereocenters. The number of imidazole rings is 1. The molecule has 0 bridgehead atoms. The summed E-state index contributed by atoms with van der Waals surface area (Å²) in [6.45, 7) is 0.617. The average molecular weight is 219 g/mol. The van der Waals surface area contributed by atoms with Gasteiger partial charge in [0.2, 0.25) is 12.2 Å². The minimum Gasteiger partial charge on any atom is -0.338 e. The highest BCUT2D eigenvalue weighted by Gasteiger charge is 2.38. The van der Waals surface area contributed by atoms with E-state index in [9.17, 15) is 18.0 Å². The number of carbonyl (C=O) groups is 1. The van der Waals surface area contributed by atoms with Crippen molar-refractivity contribution >= 4 is 6.41 Å². The number of hydrogen-bond acceptors (Lipinski definition) is 2. The second-order valence-electron chi connectivity index (χ2n) is 3.30. The lowest BCUT2D eigenvalue weighted by Crippen LogP contribution is -2.33. The van der Waals surface area contributed by atoms with Gasteiger partial charge in [-0.3, -0.25) is 4.79 Å². The van der Waals surface area contributed by atoms with Crippen LogP contribution in [0.4, 0.5) is 13.2 Å². The van der Waals surface area contributed by atoms with Gasteiger partial charge in [0, 0.05) is 13.1 Å². The number of hydrogen-bond donors (Lipinski definition) is 0. The van der Waals surface area contributed by atoms with Crippen molar-refractivity contribution in [2.75, 3.05) is 6.54 Å². The van der Waals surface area contributed by atoms with Gasteiger partial charge in [-0.2, -0.15) is 13.2 Å². The minimum atomic E-state index is -4.43. The van der Waals surface area contributed by atoms with Gasteiger partial charge < -0.3 is 9.47 Å². The number of fused-ring (bicyclic) bond motifs is 1. The number of halogens is 3. The summed E-state index contributed by atoms with van der Waals surface area (Å²) in [5.74, 6) is -0.886. The van der Waals surface area contributed by atoms with Gasteiger partial charge in [0.1, 0.15) is 0 Å². The molecule has 0 fully saturated rings. The van der Waals surface area contributed by atoms with E-state index < -0.39 is 12.0 Å². The molecule has 0 spiro atoms. The van der Waals surface area contributed by atoms with Crippen LogP contribution < -0.4 is 0 Å². The SMILES string of the molecule is O=CN1CCn2c(cnc2C(F)(F)F)C1. The highest BCUT2D eigenvalue weighted by atomic mass is 19.4. The van der Waals surface area contributed by atoms with E-state index in [4.69, 9.17) is 0 Å². The van der Waals surface area contributed by atoms with Crippen LogP contribution in [-0.2, 0) is 24.1 Å². The minimum absolute atomic E-state index is 0.142. The molecule has 1 aromatic heterocycles. The zero-order valence-electron chi connectivity index (χ0n) is 7.66. The molecular weight excluding hydrogens is 211 g/mol. The Hall–Kier alpha value is -1.53. The summed E-state index contributed by atoms with van der Waals surface area (Å²) in [4.78, 5) is 15.2. The van der Waals surface area contributed by atoms with E-state index in [0.29, 0.717) is 12.1 Å². The zero-order chi connectivity index (χ0) is 11.1. The van der Waals surface area contributed by atoms with E-state index in [-0.39, 0.29) is 19.6 Å². The fraction of sp³-hybridized carbons (Fsp3) is 0.500. The van der Waals surface area contributed by atoms with Crippen LogP contribution in [0.3, 0.4) is 0 Å². The Morgan fingerprint density at radius 2 is 2.13 bits per heavy atom. The number of amides is 1. The third kappa shape index (κ3) is 1.69. The molecule has 15 heavy (non-hydrogen) atoms. The van der Waals surface area contributed by atoms with Gasteiger partial charge in [0.25, 0.3) is 0 Å². The van der Waals surface area contributed by atoms with Gasteiger partial charge >= 0.3 is 6.18 Å². The summed E-state index contributed by atoms with van der Waals surface area (Å²) in [7, 11) is 0. The maximum atomic E-state index is 12.4. The van der Waals surface area contributed by atoms with Crippen molar-refractivity contribution in [3.63, 3.8) is 0 Å². The smallest absolute Gasteiger partial charge is 0.338 e. The lowest BCUT2D eigenvalue weighted by atomic mass is 10.3. The summed E-state index contributed by atoms with van der Waals surface area (Å²) >= 11 is 0. The van der Waals surface area contributed by atoms with E-state index in [2.05, 4.69) is 4.98 Å². The molecular formula is C8H8F3N3O. The van der Waals surface area contributed by atoms with Crippen molar-refractivity contribution in [3.05, 3.63) is 17.7 Å². The van der Waals surface area contributed by atoms with Crippen LogP contribution in [0.25, 0.3) is 0 Å². The van der Waals surface area contributed by atoms with E-state index in [1.807, 2.05) is 0 Å². The number of alkyl halides is 3. The molecule has 1 amide bonds. The molecule has 82 valence electrons. The summed E-state index contributed by atoms with van der Waals surface area (Å²) in [5.41, 5.74) is 0.417. The van der Waals surface area contributed by atoms with Gasteiger partial charge in [-0.1, -0.05) is 0 Å². The van der Waals surface area contributed by atoms with E-state index in [1.54, 1.807) is 0 Å². The summed E-state index contributed by atoms with van der Waals surface area (Å²) in [6, 6.07) is 0. The first-order valence-electron chi connectivity index (χ1n) is 4.33. The van der Waals surface area contributed by atoms with Crippen LogP contribution >= 0.6 is 0 Å². The lowest BCUT2D eigenvalue weighted by Gasteiger charge is -2.25. The predicted molar refractivity (Wildman–Crippen MR) is 43.7 cm³/mol. The Morgan fingerprint density at radius 3 is 2.73 bits per heavy atom. The third-order valence-electron chi connectivity index (χ3n) is 2.32. The van der Waals surface area contributed by atoms with Gasteiger partial charge in [-0.05, 0) is 0 Å². The van der Waals surface area contributed by atoms with Crippen LogP contribution in [0.2, 0.25) is 0 Å². The zero-order valence-corrected chi connectivity index (χ0v) is 7.66.